The maximum atomic E-state index is 14.2. The molecule has 0 atom stereocenters. The molecule has 3 rings (SSSR count). The van der Waals surface area contributed by atoms with Gasteiger partial charge in [0.15, 0.2) is 0 Å². The second-order valence-electron chi connectivity index (χ2n) is 4.97. The summed E-state index contributed by atoms with van der Waals surface area (Å²) < 4.78 is 14.2. The summed E-state index contributed by atoms with van der Waals surface area (Å²) in [7, 11) is 0. The van der Waals surface area contributed by atoms with Crippen molar-refractivity contribution >= 4 is 10.9 Å². The van der Waals surface area contributed by atoms with Crippen molar-refractivity contribution in [2.45, 2.75) is 13.5 Å². The molecular weight excluding hydrogens is 263 g/mol. The molecule has 0 spiro atoms. The molecule has 0 saturated heterocycles. The molecule has 1 N–H and O–H groups in total. The lowest BCUT2D eigenvalue weighted by molar-refractivity contribution is 0.594. The zero-order valence-corrected chi connectivity index (χ0v) is 11.9. The number of halogens is 1. The Morgan fingerprint density at radius 2 is 1.95 bits per heavy atom. The number of hydrogen-bond donors (Lipinski definition) is 1. The van der Waals surface area contributed by atoms with E-state index in [9.17, 15) is 4.39 Å². The molecule has 106 valence electrons. The lowest BCUT2D eigenvalue weighted by Crippen LogP contribution is -2.12. The van der Waals surface area contributed by atoms with Crippen molar-refractivity contribution in [3.05, 3.63) is 66.1 Å². The van der Waals surface area contributed by atoms with Crippen LogP contribution in [0.1, 0.15) is 12.5 Å². The lowest BCUT2D eigenvalue weighted by Gasteiger charge is -2.09. The number of fused-ring (bicyclic) bond motifs is 1. The van der Waals surface area contributed by atoms with Gasteiger partial charge in [-0.25, -0.2) is 4.39 Å². The molecule has 0 saturated carbocycles. The molecule has 0 aliphatic rings. The van der Waals surface area contributed by atoms with Crippen LogP contribution >= 0.6 is 0 Å². The van der Waals surface area contributed by atoms with Crippen LogP contribution in [0.4, 0.5) is 4.39 Å². The standard InChI is InChI=1S/C18H17FN2/c1-2-20-12-15-9-8-14(11-17(15)19)16-7-3-5-13-6-4-10-21-18(13)16/h3-11,20H,2,12H2,1H3. The minimum absolute atomic E-state index is 0.179. The topological polar surface area (TPSA) is 24.9 Å². The molecule has 0 amide bonds. The number of para-hydroxylation sites is 1. The van der Waals surface area contributed by atoms with Gasteiger partial charge in [-0.05, 0) is 24.2 Å². The molecule has 0 bridgehead atoms. The molecule has 3 aromatic rings. The second-order valence-corrected chi connectivity index (χ2v) is 4.97. The molecule has 0 fully saturated rings. The largest absolute Gasteiger partial charge is 0.313 e. The monoisotopic (exact) mass is 280 g/mol. The number of pyridine rings is 1. The Bertz CT molecular complexity index is 763. The van der Waals surface area contributed by atoms with E-state index in [4.69, 9.17) is 0 Å². The maximum absolute atomic E-state index is 14.2. The van der Waals surface area contributed by atoms with Gasteiger partial charge in [-0.15, -0.1) is 0 Å². The normalized spacial score (nSPS) is 11.0. The number of nitrogens with one attached hydrogen (secondary N) is 1. The quantitative estimate of drug-likeness (QED) is 0.776. The second kappa shape index (κ2) is 6.02. The van der Waals surface area contributed by atoms with Crippen LogP contribution in [-0.4, -0.2) is 11.5 Å². The van der Waals surface area contributed by atoms with Crippen LogP contribution in [0.5, 0.6) is 0 Å². The highest BCUT2D eigenvalue weighted by molar-refractivity contribution is 5.93. The number of benzene rings is 2. The predicted octanol–water partition coefficient (Wildman–Crippen LogP) is 4.15. The Labute approximate surface area is 123 Å². The first-order chi connectivity index (χ1) is 10.3. The third-order valence-corrected chi connectivity index (χ3v) is 3.56. The number of aromatic nitrogens is 1. The Balaban J connectivity index is 2.05. The summed E-state index contributed by atoms with van der Waals surface area (Å²) in [5.41, 5.74) is 3.41. The number of rotatable bonds is 4. The Hall–Kier alpha value is -2.26. The van der Waals surface area contributed by atoms with Crippen molar-refractivity contribution in [2.75, 3.05) is 6.54 Å². The van der Waals surface area contributed by atoms with Crippen molar-refractivity contribution < 1.29 is 4.39 Å². The van der Waals surface area contributed by atoms with E-state index in [0.717, 1.165) is 28.6 Å². The summed E-state index contributed by atoms with van der Waals surface area (Å²) in [4.78, 5) is 4.42. The van der Waals surface area contributed by atoms with Crippen molar-refractivity contribution in [1.82, 2.24) is 10.3 Å². The van der Waals surface area contributed by atoms with Gasteiger partial charge in [0.25, 0.3) is 0 Å². The van der Waals surface area contributed by atoms with Crippen molar-refractivity contribution in [2.24, 2.45) is 0 Å². The van der Waals surface area contributed by atoms with Crippen molar-refractivity contribution in [1.29, 1.82) is 0 Å². The zero-order chi connectivity index (χ0) is 14.7. The van der Waals surface area contributed by atoms with Crippen LogP contribution < -0.4 is 5.32 Å². The van der Waals surface area contributed by atoms with E-state index < -0.39 is 0 Å². The van der Waals surface area contributed by atoms with Gasteiger partial charge in [0.1, 0.15) is 5.82 Å². The summed E-state index contributed by atoms with van der Waals surface area (Å²) >= 11 is 0. The van der Waals surface area contributed by atoms with Gasteiger partial charge in [-0.1, -0.05) is 43.3 Å². The highest BCUT2D eigenvalue weighted by Gasteiger charge is 2.08. The Morgan fingerprint density at radius 3 is 2.76 bits per heavy atom. The number of hydrogen-bond acceptors (Lipinski definition) is 2. The summed E-state index contributed by atoms with van der Waals surface area (Å²) in [5, 5.41) is 4.20. The van der Waals surface area contributed by atoms with Gasteiger partial charge in [0, 0.05) is 29.3 Å². The van der Waals surface area contributed by atoms with Crippen LogP contribution in [0.15, 0.2) is 54.7 Å². The summed E-state index contributed by atoms with van der Waals surface area (Å²) in [6.45, 7) is 3.39. The average Bonchev–Trinajstić information content (AvgIpc) is 2.53. The van der Waals surface area contributed by atoms with E-state index in [1.165, 1.54) is 0 Å². The lowest BCUT2D eigenvalue weighted by atomic mass is 10.0. The van der Waals surface area contributed by atoms with Gasteiger partial charge in [-0.3, -0.25) is 4.98 Å². The molecule has 0 unspecified atom stereocenters. The first-order valence-electron chi connectivity index (χ1n) is 7.13. The van der Waals surface area contributed by atoms with Gasteiger partial charge in [0.05, 0.1) is 5.52 Å². The molecule has 2 aromatic carbocycles. The van der Waals surface area contributed by atoms with Gasteiger partial charge < -0.3 is 5.32 Å². The maximum Gasteiger partial charge on any atom is 0.128 e. The van der Waals surface area contributed by atoms with E-state index in [1.54, 1.807) is 12.3 Å². The molecule has 0 aliphatic carbocycles. The van der Waals surface area contributed by atoms with E-state index in [1.807, 2.05) is 49.4 Å². The minimum Gasteiger partial charge on any atom is -0.313 e. The van der Waals surface area contributed by atoms with Crippen molar-refractivity contribution in [3.63, 3.8) is 0 Å². The minimum atomic E-state index is -0.179. The van der Waals surface area contributed by atoms with Crippen molar-refractivity contribution in [3.8, 4) is 11.1 Å². The predicted molar refractivity (Wildman–Crippen MR) is 84.5 cm³/mol. The highest BCUT2D eigenvalue weighted by atomic mass is 19.1. The third kappa shape index (κ3) is 2.78. The van der Waals surface area contributed by atoms with Crippen LogP contribution in [0.3, 0.4) is 0 Å². The van der Waals surface area contributed by atoms with E-state index >= 15 is 0 Å². The first kappa shape index (κ1) is 13.7. The van der Waals surface area contributed by atoms with Crippen LogP contribution in [0.2, 0.25) is 0 Å². The zero-order valence-electron chi connectivity index (χ0n) is 11.9. The summed E-state index contributed by atoms with van der Waals surface area (Å²) in [5.74, 6) is -0.179. The van der Waals surface area contributed by atoms with E-state index in [0.29, 0.717) is 12.1 Å². The molecule has 3 heteroatoms. The fourth-order valence-electron chi connectivity index (χ4n) is 2.46. The summed E-state index contributed by atoms with van der Waals surface area (Å²) in [6, 6.07) is 15.3. The van der Waals surface area contributed by atoms with Gasteiger partial charge in [0.2, 0.25) is 0 Å². The van der Waals surface area contributed by atoms with Gasteiger partial charge >= 0.3 is 0 Å². The smallest absolute Gasteiger partial charge is 0.128 e. The SMILES string of the molecule is CCNCc1ccc(-c2cccc3cccnc23)cc1F. The number of nitrogens with zero attached hydrogens (tertiary/aromatic N) is 1. The average molecular weight is 280 g/mol. The summed E-state index contributed by atoms with van der Waals surface area (Å²) in [6.07, 6.45) is 1.77. The molecular formula is C18H17FN2. The fraction of sp³-hybridized carbons (Fsp3) is 0.167. The Kier molecular flexibility index (Phi) is 3.93. The van der Waals surface area contributed by atoms with Crippen LogP contribution in [0, 0.1) is 5.82 Å². The third-order valence-electron chi connectivity index (χ3n) is 3.56. The van der Waals surface area contributed by atoms with E-state index in [2.05, 4.69) is 10.3 Å². The first-order valence-corrected chi connectivity index (χ1v) is 7.13. The highest BCUT2D eigenvalue weighted by Crippen LogP contribution is 2.28. The van der Waals surface area contributed by atoms with Crippen LogP contribution in [0.25, 0.3) is 22.0 Å². The van der Waals surface area contributed by atoms with Gasteiger partial charge in [-0.2, -0.15) is 0 Å². The fourth-order valence-corrected chi connectivity index (χ4v) is 2.46. The molecule has 1 aromatic heterocycles. The molecule has 2 nitrogen and oxygen atoms in total. The molecule has 1 heterocycles. The molecule has 0 aliphatic heterocycles. The van der Waals surface area contributed by atoms with Crippen LogP contribution in [-0.2, 0) is 6.54 Å². The van der Waals surface area contributed by atoms with E-state index in [-0.39, 0.29) is 5.82 Å². The molecule has 21 heavy (non-hydrogen) atoms. The Morgan fingerprint density at radius 1 is 1.10 bits per heavy atom. The molecule has 0 radical (unpaired) electrons.